The van der Waals surface area contributed by atoms with E-state index in [1.807, 2.05) is 6.92 Å². The molecule has 2 amide bonds. The topological polar surface area (TPSA) is 124 Å². The van der Waals surface area contributed by atoms with Crippen LogP contribution in [-0.2, 0) is 11.0 Å². The number of hydrogen-bond acceptors (Lipinski definition) is 6. The number of amidine groups is 1. The van der Waals surface area contributed by atoms with Gasteiger partial charge in [0.15, 0.2) is 0 Å². The molecule has 0 radical (unpaired) electrons. The van der Waals surface area contributed by atoms with Crippen LogP contribution < -0.4 is 22.0 Å². The van der Waals surface area contributed by atoms with Gasteiger partial charge >= 0.3 is 6.18 Å². The van der Waals surface area contributed by atoms with Crippen LogP contribution in [0, 0.1) is 17.2 Å². The monoisotopic (exact) mass is 659 g/mol. The molecular weight excluding hydrogens is 614 g/mol. The normalized spacial score (nSPS) is 21.2. The summed E-state index contributed by atoms with van der Waals surface area (Å²) in [4.78, 5) is 33.9. The van der Waals surface area contributed by atoms with E-state index in [4.69, 9.17) is 10.7 Å². The van der Waals surface area contributed by atoms with Gasteiger partial charge in [0.05, 0.1) is 18.2 Å². The minimum atomic E-state index is -4.79. The molecule has 1 aliphatic heterocycles. The highest BCUT2D eigenvalue weighted by Gasteiger charge is 2.53. The number of nitrogens with zero attached hydrogens (tertiary/aromatic N) is 3. The number of nitrogens with two attached hydrogens (primary N) is 1. The number of carbonyl (C=O) groups is 2. The number of halogens is 4. The Morgan fingerprint density at radius 3 is 2.36 bits per heavy atom. The average molecular weight is 660 g/mol. The third kappa shape index (κ3) is 8.30. The van der Waals surface area contributed by atoms with Crippen molar-refractivity contribution < 1.29 is 27.2 Å². The molecule has 0 aromatic heterocycles. The number of rotatable bonds is 11. The third-order valence-corrected chi connectivity index (χ3v) is 9.14. The van der Waals surface area contributed by atoms with Gasteiger partial charge in [-0.05, 0) is 79.3 Å². The maximum atomic E-state index is 14.6. The molecule has 2 aromatic rings. The fraction of sp³-hybridized carbons (Fsp3) is 0.529. The van der Waals surface area contributed by atoms with Gasteiger partial charge in [-0.25, -0.2) is 15.4 Å². The number of carbonyl (C=O) groups excluding carboxylic acids is 2. The molecule has 9 nitrogen and oxygen atoms in total. The number of nitrogens with one attached hydrogen (secondary N) is 3. The van der Waals surface area contributed by atoms with Crippen molar-refractivity contribution in [1.29, 1.82) is 0 Å². The van der Waals surface area contributed by atoms with Crippen LogP contribution in [0.25, 0.3) is 0 Å². The molecule has 1 atom stereocenters. The van der Waals surface area contributed by atoms with E-state index in [2.05, 4.69) is 42.1 Å². The van der Waals surface area contributed by atoms with Crippen molar-refractivity contribution in [3.05, 3.63) is 70.5 Å². The maximum Gasteiger partial charge on any atom is 0.416 e. The molecule has 0 unspecified atom stereocenters. The van der Waals surface area contributed by atoms with Gasteiger partial charge < -0.3 is 16.0 Å². The largest absolute Gasteiger partial charge is 0.416 e. The molecule has 1 saturated carbocycles. The average Bonchev–Trinajstić information content (AvgIpc) is 3.29. The lowest BCUT2D eigenvalue weighted by Gasteiger charge is -2.47. The van der Waals surface area contributed by atoms with Crippen LogP contribution in [0.2, 0.25) is 0 Å². The van der Waals surface area contributed by atoms with Gasteiger partial charge in [0.2, 0.25) is 0 Å². The number of hydrazine groups is 1. The Labute approximate surface area is 273 Å². The smallest absolute Gasteiger partial charge is 0.384 e. The molecule has 13 heteroatoms. The highest BCUT2D eigenvalue weighted by atomic mass is 19.4. The predicted molar refractivity (Wildman–Crippen MR) is 174 cm³/mol. The van der Waals surface area contributed by atoms with E-state index in [1.54, 1.807) is 36.2 Å². The van der Waals surface area contributed by atoms with E-state index >= 15 is 0 Å². The highest BCUT2D eigenvalue weighted by Crippen LogP contribution is 2.50. The molecule has 4 rings (SSSR count). The van der Waals surface area contributed by atoms with Gasteiger partial charge in [-0.3, -0.25) is 14.6 Å². The van der Waals surface area contributed by atoms with Crippen LogP contribution in [0.1, 0.15) is 106 Å². The number of aliphatic imine (C=N–C) groups is 1. The fourth-order valence-electron chi connectivity index (χ4n) is 6.56. The molecule has 1 spiro atoms. The molecule has 1 heterocycles. The quantitative estimate of drug-likeness (QED) is 0.101. The predicted octanol–water partition coefficient (Wildman–Crippen LogP) is 6.07. The first kappa shape index (κ1) is 35.8. The number of hydrogen-bond donors (Lipinski definition) is 4. The Morgan fingerprint density at radius 1 is 1.13 bits per heavy atom. The van der Waals surface area contributed by atoms with Crippen molar-refractivity contribution >= 4 is 23.4 Å². The summed E-state index contributed by atoms with van der Waals surface area (Å²) < 4.78 is 55.6. The van der Waals surface area contributed by atoms with Crippen LogP contribution >= 0.6 is 0 Å². The van der Waals surface area contributed by atoms with E-state index in [1.165, 1.54) is 0 Å². The lowest BCUT2D eigenvalue weighted by Crippen LogP contribution is -2.51. The Balaban J connectivity index is 1.72. The Bertz CT molecular complexity index is 1490. The highest BCUT2D eigenvalue weighted by molar-refractivity contribution is 6.46. The number of hydrazone groups is 1. The van der Waals surface area contributed by atoms with Crippen LogP contribution in [0.4, 0.5) is 17.6 Å². The summed E-state index contributed by atoms with van der Waals surface area (Å²) in [6, 6.07) is 8.61. The Kier molecular flexibility index (Phi) is 11.0. The van der Waals surface area contributed by atoms with Crippen LogP contribution in [0.3, 0.4) is 0 Å². The molecule has 2 aromatic carbocycles. The first-order valence-electron chi connectivity index (χ1n) is 16.0. The first-order chi connectivity index (χ1) is 22.1. The van der Waals surface area contributed by atoms with Crippen molar-refractivity contribution in [2.45, 2.75) is 90.5 Å². The second-order valence-corrected chi connectivity index (χ2v) is 13.4. The molecule has 0 bridgehead atoms. The summed E-state index contributed by atoms with van der Waals surface area (Å²) in [7, 11) is 1.62. The molecule has 0 saturated heterocycles. The minimum absolute atomic E-state index is 0.0188. The van der Waals surface area contributed by atoms with Crippen molar-refractivity contribution in [2.24, 2.45) is 27.2 Å². The van der Waals surface area contributed by atoms with Gasteiger partial charge in [0.1, 0.15) is 23.0 Å². The lowest BCUT2D eigenvalue weighted by atomic mass is 9.69. The Morgan fingerprint density at radius 2 is 1.79 bits per heavy atom. The number of amides is 2. The van der Waals surface area contributed by atoms with Crippen LogP contribution in [-0.4, -0.2) is 47.5 Å². The number of alkyl halides is 3. The van der Waals surface area contributed by atoms with Crippen molar-refractivity contribution in [1.82, 2.24) is 21.2 Å². The summed E-state index contributed by atoms with van der Waals surface area (Å²) in [5.74, 6) is -1.44. The second-order valence-electron chi connectivity index (χ2n) is 13.4. The molecule has 5 N–H and O–H groups in total. The van der Waals surface area contributed by atoms with Crippen molar-refractivity contribution in [3.63, 3.8) is 0 Å². The van der Waals surface area contributed by atoms with E-state index in [9.17, 15) is 27.2 Å². The first-order valence-corrected chi connectivity index (χ1v) is 16.0. The van der Waals surface area contributed by atoms with E-state index < -0.39 is 35.2 Å². The van der Waals surface area contributed by atoms with Crippen LogP contribution in [0.15, 0.2) is 52.6 Å². The zero-order valence-corrected chi connectivity index (χ0v) is 27.6. The van der Waals surface area contributed by atoms with E-state index in [-0.39, 0.29) is 35.0 Å². The maximum absolute atomic E-state index is 14.6. The fourth-order valence-corrected chi connectivity index (χ4v) is 6.56. The summed E-state index contributed by atoms with van der Waals surface area (Å²) in [6.07, 6.45) is -0.00128. The SMILES string of the molecule is CCCC[C@H](c1ccc(C(=O)NC/C(N)=N/NNC)cc1)N1C(=O)C(c2cc(F)cc(C(F)(F)F)c2)=NC12CCC(C(C)(C)C)CC2. The summed E-state index contributed by atoms with van der Waals surface area (Å²) in [5.41, 5.74) is 9.54. The summed E-state index contributed by atoms with van der Waals surface area (Å²) in [5, 5.41) is 6.53. The Hall–Kier alpha value is -4.00. The van der Waals surface area contributed by atoms with Crippen molar-refractivity contribution in [3.8, 4) is 0 Å². The van der Waals surface area contributed by atoms with E-state index in [0.717, 1.165) is 43.4 Å². The third-order valence-electron chi connectivity index (χ3n) is 9.14. The molecular formula is C34H45F4N7O2. The van der Waals surface area contributed by atoms with E-state index in [0.29, 0.717) is 36.8 Å². The van der Waals surface area contributed by atoms with Gasteiger partial charge in [0, 0.05) is 18.2 Å². The van der Waals surface area contributed by atoms with Crippen molar-refractivity contribution in [2.75, 3.05) is 13.6 Å². The zero-order chi connectivity index (χ0) is 34.6. The number of unbranched alkanes of at least 4 members (excludes halogenated alkanes) is 1. The lowest BCUT2D eigenvalue weighted by molar-refractivity contribution is -0.138. The molecule has 1 fully saturated rings. The van der Waals surface area contributed by atoms with Gasteiger partial charge in [0.25, 0.3) is 11.8 Å². The van der Waals surface area contributed by atoms with Gasteiger partial charge in [-0.1, -0.05) is 52.7 Å². The van der Waals surface area contributed by atoms with Crippen LogP contribution in [0.5, 0.6) is 0 Å². The second kappa shape index (κ2) is 14.4. The zero-order valence-electron chi connectivity index (χ0n) is 27.6. The summed E-state index contributed by atoms with van der Waals surface area (Å²) >= 11 is 0. The molecule has 47 heavy (non-hydrogen) atoms. The molecule has 1 aliphatic carbocycles. The number of benzene rings is 2. The summed E-state index contributed by atoms with van der Waals surface area (Å²) in [6.45, 7) is 8.58. The van der Waals surface area contributed by atoms with Gasteiger partial charge in [-0.2, -0.15) is 13.2 Å². The standard InChI is InChI=1S/C34H45F4N7O2/c1-6-7-8-27(21-9-11-22(12-10-21)30(46)41-20-28(39)43-44-40-5)45-31(47)29(23-17-25(34(36,37)38)19-26(35)18-23)42-33(45)15-13-24(14-16-33)32(2,3)4/h9-12,17-19,24,27,40,44H,6-8,13-16,20H2,1-5H3,(H2,39,43)(H,41,46)/t24?,27-,33?/m1/s1. The van der Waals surface area contributed by atoms with Gasteiger partial charge in [-0.15, -0.1) is 5.10 Å². The molecule has 256 valence electrons. The minimum Gasteiger partial charge on any atom is -0.384 e. The molecule has 2 aliphatic rings.